The molecule has 1 aliphatic heterocycles. The molecule has 2 aliphatic rings. The van der Waals surface area contributed by atoms with E-state index in [4.69, 9.17) is 10.5 Å². The smallest absolute Gasteiger partial charge is 0.405 e. The minimum atomic E-state index is -1.44. The van der Waals surface area contributed by atoms with Crippen molar-refractivity contribution in [2.45, 2.75) is 109 Å². The Morgan fingerprint density at radius 1 is 0.974 bits per heavy atom. The summed E-state index contributed by atoms with van der Waals surface area (Å²) in [4.78, 5) is 74.6. The third-order valence-corrected chi connectivity index (χ3v) is 7.06. The van der Waals surface area contributed by atoms with Crippen LogP contribution in [0, 0.1) is 11.8 Å². The molecular weight excluding hydrogens is 510 g/mol. The molecule has 0 spiro atoms. The van der Waals surface area contributed by atoms with Gasteiger partial charge in [0.05, 0.1) is 17.7 Å². The molecule has 0 radical (unpaired) electrons. The molecule has 220 valence electrons. The summed E-state index contributed by atoms with van der Waals surface area (Å²) >= 11 is 0. The Hall–Kier alpha value is -3.22. The number of nitrogens with two attached hydrogens (primary N) is 1. The van der Waals surface area contributed by atoms with E-state index in [0.717, 1.165) is 32.1 Å². The summed E-state index contributed by atoms with van der Waals surface area (Å²) in [7, 11) is 0. The van der Waals surface area contributed by atoms with Gasteiger partial charge in [-0.25, -0.2) is 4.79 Å². The highest BCUT2D eigenvalue weighted by Gasteiger charge is 2.37. The summed E-state index contributed by atoms with van der Waals surface area (Å²) in [5.41, 5.74) is 4.53. The lowest BCUT2D eigenvalue weighted by Crippen LogP contribution is -2.59. The van der Waals surface area contributed by atoms with E-state index in [9.17, 15) is 33.9 Å². The maximum atomic E-state index is 13.5. The van der Waals surface area contributed by atoms with Crippen molar-refractivity contribution in [3.63, 3.8) is 0 Å². The fourth-order valence-corrected chi connectivity index (χ4v) is 5.23. The number of primary amides is 1. The van der Waals surface area contributed by atoms with E-state index in [1.165, 1.54) is 0 Å². The van der Waals surface area contributed by atoms with Crippen molar-refractivity contribution in [1.82, 2.24) is 21.3 Å². The van der Waals surface area contributed by atoms with Gasteiger partial charge >= 0.3 is 6.09 Å². The van der Waals surface area contributed by atoms with Gasteiger partial charge in [-0.2, -0.15) is 0 Å². The van der Waals surface area contributed by atoms with Gasteiger partial charge in [0.1, 0.15) is 12.1 Å². The van der Waals surface area contributed by atoms with Crippen LogP contribution in [0.25, 0.3) is 0 Å². The number of amides is 5. The van der Waals surface area contributed by atoms with Crippen LogP contribution in [0.3, 0.4) is 0 Å². The first kappa shape index (κ1) is 32.0. The Bertz CT molecular complexity index is 928. The van der Waals surface area contributed by atoms with Crippen molar-refractivity contribution in [1.29, 1.82) is 0 Å². The van der Waals surface area contributed by atoms with Crippen molar-refractivity contribution < 1.29 is 38.6 Å². The average molecular weight is 554 g/mol. The van der Waals surface area contributed by atoms with E-state index in [1.807, 2.05) is 0 Å². The van der Waals surface area contributed by atoms with Crippen molar-refractivity contribution in [3.05, 3.63) is 0 Å². The number of nitrogens with one attached hydrogen (secondary N) is 4. The topological polar surface area (TPSA) is 206 Å². The van der Waals surface area contributed by atoms with E-state index in [-0.39, 0.29) is 24.7 Å². The number of hydrogen-bond acceptors (Lipinski definition) is 7. The second kappa shape index (κ2) is 14.2. The Labute approximate surface area is 228 Å². The number of carbonyl (C=O) groups excluding carboxylic acids is 5. The van der Waals surface area contributed by atoms with Gasteiger partial charge in [0.15, 0.2) is 0 Å². The SMILES string of the molecule is CC(OC(C)(C)C)C(NC(=O)O)C(=O)NC(CC1CCCCC1)C(=O)NC(C[C@@H]1CCNC1=O)C(=O)C(N)=O. The third kappa shape index (κ3) is 10.5. The normalized spacial score (nSPS) is 21.1. The summed E-state index contributed by atoms with van der Waals surface area (Å²) in [6.45, 7) is 7.26. The predicted molar refractivity (Wildman–Crippen MR) is 140 cm³/mol. The molecular formula is C26H43N5O8. The summed E-state index contributed by atoms with van der Waals surface area (Å²) in [6.07, 6.45) is 3.02. The molecule has 13 heteroatoms. The second-order valence-corrected chi connectivity index (χ2v) is 11.5. The number of hydrogen-bond donors (Lipinski definition) is 6. The van der Waals surface area contributed by atoms with E-state index in [2.05, 4.69) is 21.3 Å². The lowest BCUT2D eigenvalue weighted by atomic mass is 9.84. The van der Waals surface area contributed by atoms with Crippen LogP contribution in [-0.2, 0) is 28.7 Å². The minimum absolute atomic E-state index is 0.108. The molecule has 4 unspecified atom stereocenters. The number of rotatable bonds is 13. The van der Waals surface area contributed by atoms with Crippen LogP contribution < -0.4 is 27.0 Å². The highest BCUT2D eigenvalue weighted by Crippen LogP contribution is 2.28. The Morgan fingerprint density at radius 2 is 1.59 bits per heavy atom. The summed E-state index contributed by atoms with van der Waals surface area (Å²) in [6, 6.07) is -3.79. The zero-order valence-electron chi connectivity index (χ0n) is 23.2. The maximum Gasteiger partial charge on any atom is 0.405 e. The fraction of sp³-hybridized carbons (Fsp3) is 0.769. The molecule has 1 aliphatic carbocycles. The Morgan fingerprint density at radius 3 is 2.10 bits per heavy atom. The largest absolute Gasteiger partial charge is 0.465 e. The van der Waals surface area contributed by atoms with Gasteiger partial charge in [-0.1, -0.05) is 32.1 Å². The highest BCUT2D eigenvalue weighted by atomic mass is 16.5. The minimum Gasteiger partial charge on any atom is -0.465 e. The average Bonchev–Trinajstić information content (AvgIpc) is 3.24. The monoisotopic (exact) mass is 553 g/mol. The molecule has 0 aromatic carbocycles. The van der Waals surface area contributed by atoms with Gasteiger partial charge in [-0.05, 0) is 52.9 Å². The van der Waals surface area contributed by atoms with Crippen LogP contribution >= 0.6 is 0 Å². The summed E-state index contributed by atoms with van der Waals surface area (Å²) < 4.78 is 5.80. The van der Waals surface area contributed by atoms with E-state index in [1.54, 1.807) is 27.7 Å². The van der Waals surface area contributed by atoms with Crippen molar-refractivity contribution >= 4 is 35.5 Å². The van der Waals surface area contributed by atoms with Crippen molar-refractivity contribution in [2.24, 2.45) is 17.6 Å². The van der Waals surface area contributed by atoms with Gasteiger partial charge in [0.2, 0.25) is 23.5 Å². The van der Waals surface area contributed by atoms with Crippen molar-refractivity contribution in [2.75, 3.05) is 6.54 Å². The van der Waals surface area contributed by atoms with Crippen LogP contribution in [0.4, 0.5) is 4.79 Å². The van der Waals surface area contributed by atoms with E-state index >= 15 is 0 Å². The maximum absolute atomic E-state index is 13.5. The molecule has 1 saturated carbocycles. The predicted octanol–water partition coefficient (Wildman–Crippen LogP) is 0.347. The molecule has 1 saturated heterocycles. The molecule has 5 atom stereocenters. The van der Waals surface area contributed by atoms with Crippen LogP contribution in [0.1, 0.15) is 79.1 Å². The lowest BCUT2D eigenvalue weighted by Gasteiger charge is -2.32. The van der Waals surface area contributed by atoms with Gasteiger partial charge in [-0.15, -0.1) is 0 Å². The first-order chi connectivity index (χ1) is 18.2. The zero-order valence-corrected chi connectivity index (χ0v) is 23.2. The molecule has 2 rings (SSSR count). The summed E-state index contributed by atoms with van der Waals surface area (Å²) in [5.74, 6) is -4.51. The Kier molecular flexibility index (Phi) is 11.7. The second-order valence-electron chi connectivity index (χ2n) is 11.5. The highest BCUT2D eigenvalue weighted by molar-refractivity contribution is 6.37. The molecule has 39 heavy (non-hydrogen) atoms. The molecule has 2 fully saturated rings. The number of ketones is 1. The van der Waals surface area contributed by atoms with Crippen LogP contribution in [0.2, 0.25) is 0 Å². The number of ether oxygens (including phenoxy) is 1. The van der Waals surface area contributed by atoms with Gasteiger partial charge in [-0.3, -0.25) is 24.0 Å². The molecule has 0 aromatic rings. The quantitative estimate of drug-likeness (QED) is 0.175. The molecule has 0 aromatic heterocycles. The van der Waals surface area contributed by atoms with Gasteiger partial charge in [0.25, 0.3) is 5.91 Å². The van der Waals surface area contributed by atoms with Crippen LogP contribution in [-0.4, -0.2) is 77.0 Å². The Balaban J connectivity index is 2.27. The summed E-state index contributed by atoms with van der Waals surface area (Å²) in [5, 5.41) is 19.3. The first-order valence-corrected chi connectivity index (χ1v) is 13.6. The van der Waals surface area contributed by atoms with E-state index in [0.29, 0.717) is 13.0 Å². The van der Waals surface area contributed by atoms with Crippen LogP contribution in [0.5, 0.6) is 0 Å². The molecule has 7 N–H and O–H groups in total. The van der Waals surface area contributed by atoms with Crippen LogP contribution in [0.15, 0.2) is 0 Å². The van der Waals surface area contributed by atoms with Gasteiger partial charge < -0.3 is 36.8 Å². The molecule has 0 bridgehead atoms. The number of carboxylic acid groups (broad SMARTS) is 1. The fourth-order valence-electron chi connectivity index (χ4n) is 5.23. The van der Waals surface area contributed by atoms with E-state index < -0.39 is 65.3 Å². The third-order valence-electron chi connectivity index (χ3n) is 7.06. The molecule has 13 nitrogen and oxygen atoms in total. The molecule has 5 amide bonds. The lowest BCUT2D eigenvalue weighted by molar-refractivity contribution is -0.140. The zero-order chi connectivity index (χ0) is 29.3. The number of Topliss-reactive ketones (excluding diaryl/α,β-unsaturated/α-hetero) is 1. The first-order valence-electron chi connectivity index (χ1n) is 13.6. The standard InChI is InChI=1S/C26H43N5O8/c1-14(39-26(2,3)4)19(31-25(37)38)24(36)30-18(12-15-8-6-5-7-9-15)23(35)29-17(20(32)21(27)33)13-16-10-11-28-22(16)34/h14-19,31H,5-13H2,1-4H3,(H2,27,33)(H,28,34)(H,29,35)(H,30,36)(H,37,38)/t14?,16-,17?,18?,19?/m0/s1. The number of carbonyl (C=O) groups is 6. The van der Waals surface area contributed by atoms with Crippen molar-refractivity contribution in [3.8, 4) is 0 Å². The molecule has 1 heterocycles. The van der Waals surface area contributed by atoms with Gasteiger partial charge in [0, 0.05) is 12.5 Å².